The minimum atomic E-state index is -0.115. The van der Waals surface area contributed by atoms with Gasteiger partial charge in [0.25, 0.3) is 0 Å². The third kappa shape index (κ3) is 4.01. The van der Waals surface area contributed by atoms with Crippen LogP contribution in [0, 0.1) is 6.92 Å². The standard InChI is InChI=1S/C17H18BrNO3/c1-11-4-6-15(14(18)8-11)19-17(20)10-12-9-13(21-2)5-7-16(12)22-3/h4-9H,10H2,1-3H3,(H,19,20). The summed E-state index contributed by atoms with van der Waals surface area (Å²) in [5, 5.41) is 2.89. The van der Waals surface area contributed by atoms with Crippen LogP contribution < -0.4 is 14.8 Å². The van der Waals surface area contributed by atoms with Gasteiger partial charge in [-0.1, -0.05) is 6.07 Å². The number of nitrogens with one attached hydrogen (secondary N) is 1. The zero-order valence-electron chi connectivity index (χ0n) is 12.8. The SMILES string of the molecule is COc1ccc(OC)c(CC(=O)Nc2ccc(C)cc2Br)c1. The zero-order chi connectivity index (χ0) is 16.1. The summed E-state index contributed by atoms with van der Waals surface area (Å²) in [4.78, 5) is 12.3. The Morgan fingerprint density at radius 1 is 1.14 bits per heavy atom. The fourth-order valence-electron chi connectivity index (χ4n) is 2.11. The van der Waals surface area contributed by atoms with Crippen LogP contribution in [0.4, 0.5) is 5.69 Å². The van der Waals surface area contributed by atoms with E-state index in [4.69, 9.17) is 9.47 Å². The molecule has 0 atom stereocenters. The predicted octanol–water partition coefficient (Wildman–Crippen LogP) is 3.96. The van der Waals surface area contributed by atoms with E-state index in [1.807, 2.05) is 31.2 Å². The number of ether oxygens (including phenoxy) is 2. The molecule has 0 bridgehead atoms. The summed E-state index contributed by atoms with van der Waals surface area (Å²) in [6, 6.07) is 11.2. The van der Waals surface area contributed by atoms with E-state index in [0.29, 0.717) is 11.5 Å². The van der Waals surface area contributed by atoms with Crippen molar-refractivity contribution in [3.63, 3.8) is 0 Å². The van der Waals surface area contributed by atoms with Crippen LogP contribution >= 0.6 is 15.9 Å². The summed E-state index contributed by atoms with van der Waals surface area (Å²) in [5.74, 6) is 1.25. The fourth-order valence-corrected chi connectivity index (χ4v) is 2.70. The molecule has 2 aromatic carbocycles. The van der Waals surface area contributed by atoms with E-state index in [1.165, 1.54) is 0 Å². The summed E-state index contributed by atoms with van der Waals surface area (Å²) in [5.41, 5.74) is 2.65. The normalized spacial score (nSPS) is 10.2. The number of rotatable bonds is 5. The average molecular weight is 364 g/mol. The molecule has 0 aromatic heterocycles. The van der Waals surface area contributed by atoms with Crippen molar-refractivity contribution in [1.82, 2.24) is 0 Å². The Hall–Kier alpha value is -2.01. The molecule has 0 saturated carbocycles. The lowest BCUT2D eigenvalue weighted by Crippen LogP contribution is -2.15. The first-order chi connectivity index (χ1) is 10.5. The van der Waals surface area contributed by atoms with E-state index in [9.17, 15) is 4.79 Å². The van der Waals surface area contributed by atoms with Gasteiger partial charge >= 0.3 is 0 Å². The molecule has 0 fully saturated rings. The summed E-state index contributed by atoms with van der Waals surface area (Å²) < 4.78 is 11.3. The van der Waals surface area contributed by atoms with E-state index in [-0.39, 0.29) is 12.3 Å². The molecule has 0 aliphatic rings. The van der Waals surface area contributed by atoms with Gasteiger partial charge in [0.05, 0.1) is 26.3 Å². The molecule has 5 heteroatoms. The van der Waals surface area contributed by atoms with Gasteiger partial charge in [-0.2, -0.15) is 0 Å². The molecular formula is C17H18BrNO3. The van der Waals surface area contributed by atoms with Crippen molar-refractivity contribution in [3.8, 4) is 11.5 Å². The molecule has 0 aliphatic heterocycles. The maximum atomic E-state index is 12.3. The van der Waals surface area contributed by atoms with Gasteiger partial charge in [0.1, 0.15) is 11.5 Å². The molecule has 22 heavy (non-hydrogen) atoms. The van der Waals surface area contributed by atoms with Crippen molar-refractivity contribution < 1.29 is 14.3 Å². The Morgan fingerprint density at radius 2 is 1.91 bits per heavy atom. The number of hydrogen-bond acceptors (Lipinski definition) is 3. The number of anilines is 1. The molecule has 0 radical (unpaired) electrons. The van der Waals surface area contributed by atoms with Crippen molar-refractivity contribution >= 4 is 27.5 Å². The summed E-state index contributed by atoms with van der Waals surface area (Å²) in [6.45, 7) is 2.00. The highest BCUT2D eigenvalue weighted by molar-refractivity contribution is 9.10. The third-order valence-corrected chi connectivity index (χ3v) is 3.89. The number of carbonyl (C=O) groups excluding carboxylic acids is 1. The van der Waals surface area contributed by atoms with Gasteiger partial charge in [0, 0.05) is 10.0 Å². The van der Waals surface area contributed by atoms with Crippen LogP contribution in [0.3, 0.4) is 0 Å². The lowest BCUT2D eigenvalue weighted by molar-refractivity contribution is -0.115. The van der Waals surface area contributed by atoms with Gasteiger partial charge in [0.2, 0.25) is 5.91 Å². The topological polar surface area (TPSA) is 47.6 Å². The molecule has 0 saturated heterocycles. The lowest BCUT2D eigenvalue weighted by atomic mass is 10.1. The molecule has 0 aliphatic carbocycles. The number of amides is 1. The lowest BCUT2D eigenvalue weighted by Gasteiger charge is -2.12. The minimum Gasteiger partial charge on any atom is -0.497 e. The fraction of sp³-hybridized carbons (Fsp3) is 0.235. The van der Waals surface area contributed by atoms with Crippen LogP contribution in [0.15, 0.2) is 40.9 Å². The number of aryl methyl sites for hydroxylation is 1. The first-order valence-electron chi connectivity index (χ1n) is 6.80. The van der Waals surface area contributed by atoms with Crippen molar-refractivity contribution in [2.75, 3.05) is 19.5 Å². The maximum absolute atomic E-state index is 12.3. The summed E-state index contributed by atoms with van der Waals surface area (Å²) in [7, 11) is 3.18. The van der Waals surface area contributed by atoms with Crippen molar-refractivity contribution in [2.24, 2.45) is 0 Å². The largest absolute Gasteiger partial charge is 0.497 e. The number of carbonyl (C=O) groups is 1. The Morgan fingerprint density at radius 3 is 2.55 bits per heavy atom. The van der Waals surface area contributed by atoms with Gasteiger partial charge < -0.3 is 14.8 Å². The third-order valence-electron chi connectivity index (χ3n) is 3.24. The number of benzene rings is 2. The van der Waals surface area contributed by atoms with E-state index in [1.54, 1.807) is 26.4 Å². The van der Waals surface area contributed by atoms with Crippen LogP contribution in [0.2, 0.25) is 0 Å². The predicted molar refractivity (Wildman–Crippen MR) is 90.8 cm³/mol. The molecule has 2 rings (SSSR count). The molecular weight excluding hydrogens is 346 g/mol. The Labute approximate surface area is 138 Å². The van der Waals surface area contributed by atoms with Gasteiger partial charge in [-0.25, -0.2) is 0 Å². The first-order valence-corrected chi connectivity index (χ1v) is 7.59. The Kier molecular flexibility index (Phi) is 5.44. The molecule has 0 heterocycles. The second kappa shape index (κ2) is 7.31. The molecule has 116 valence electrons. The van der Waals surface area contributed by atoms with Crippen LogP contribution in [-0.2, 0) is 11.2 Å². The van der Waals surface area contributed by atoms with E-state index < -0.39 is 0 Å². The van der Waals surface area contributed by atoms with Crippen molar-refractivity contribution in [2.45, 2.75) is 13.3 Å². The van der Waals surface area contributed by atoms with Crippen molar-refractivity contribution in [3.05, 3.63) is 52.0 Å². The first kappa shape index (κ1) is 16.4. The van der Waals surface area contributed by atoms with Gasteiger partial charge in [-0.3, -0.25) is 4.79 Å². The average Bonchev–Trinajstić information content (AvgIpc) is 2.50. The van der Waals surface area contributed by atoms with E-state index >= 15 is 0 Å². The van der Waals surface area contributed by atoms with Gasteiger partial charge in [-0.15, -0.1) is 0 Å². The van der Waals surface area contributed by atoms with Crippen LogP contribution in [0.1, 0.15) is 11.1 Å². The molecule has 1 N–H and O–H groups in total. The molecule has 0 spiro atoms. The van der Waals surface area contributed by atoms with E-state index in [2.05, 4.69) is 21.2 Å². The van der Waals surface area contributed by atoms with E-state index in [0.717, 1.165) is 21.3 Å². The van der Waals surface area contributed by atoms with Gasteiger partial charge in [0.15, 0.2) is 0 Å². The Balaban J connectivity index is 2.14. The second-order valence-corrected chi connectivity index (χ2v) is 5.74. The number of methoxy groups -OCH3 is 2. The maximum Gasteiger partial charge on any atom is 0.228 e. The number of hydrogen-bond donors (Lipinski definition) is 1. The highest BCUT2D eigenvalue weighted by Gasteiger charge is 2.11. The monoisotopic (exact) mass is 363 g/mol. The zero-order valence-corrected chi connectivity index (χ0v) is 14.4. The summed E-state index contributed by atoms with van der Waals surface area (Å²) >= 11 is 3.45. The highest BCUT2D eigenvalue weighted by atomic mass is 79.9. The van der Waals surface area contributed by atoms with Crippen LogP contribution in [0.25, 0.3) is 0 Å². The highest BCUT2D eigenvalue weighted by Crippen LogP contribution is 2.26. The number of halogens is 1. The second-order valence-electron chi connectivity index (χ2n) is 4.89. The molecule has 4 nitrogen and oxygen atoms in total. The Bertz CT molecular complexity index is 686. The molecule has 0 unspecified atom stereocenters. The quantitative estimate of drug-likeness (QED) is 0.874. The minimum absolute atomic E-state index is 0.115. The van der Waals surface area contributed by atoms with Gasteiger partial charge in [-0.05, 0) is 58.7 Å². The van der Waals surface area contributed by atoms with Crippen LogP contribution in [-0.4, -0.2) is 20.1 Å². The van der Waals surface area contributed by atoms with Crippen molar-refractivity contribution in [1.29, 1.82) is 0 Å². The summed E-state index contributed by atoms with van der Waals surface area (Å²) in [6.07, 6.45) is 0.209. The van der Waals surface area contributed by atoms with Crippen LogP contribution in [0.5, 0.6) is 11.5 Å². The molecule has 1 amide bonds. The smallest absolute Gasteiger partial charge is 0.228 e. The molecule has 2 aromatic rings.